The number of aromatic nitrogens is 3. The van der Waals surface area contributed by atoms with Crippen molar-refractivity contribution >= 4 is 16.7 Å². The maximum atomic E-state index is 13.4. The zero-order chi connectivity index (χ0) is 25.3. The second-order valence-corrected chi connectivity index (χ2v) is 7.55. The Hall–Kier alpha value is -3.48. The predicted molar refractivity (Wildman–Crippen MR) is 135 cm³/mol. The molecule has 3 rings (SSSR count). The number of halogens is 3. The van der Waals surface area contributed by atoms with Gasteiger partial charge >= 0.3 is 6.18 Å². The van der Waals surface area contributed by atoms with Crippen molar-refractivity contribution < 1.29 is 13.2 Å². The second-order valence-electron chi connectivity index (χ2n) is 7.55. The van der Waals surface area contributed by atoms with Gasteiger partial charge in [0, 0.05) is 23.7 Å². The summed E-state index contributed by atoms with van der Waals surface area (Å²) < 4.78 is 40.1. The highest BCUT2D eigenvalue weighted by Gasteiger charge is 2.35. The molecule has 0 radical (unpaired) electrons. The molecule has 0 amide bonds. The SMILES string of the molecule is C=C(/C=C\C(C)=C\CC)CNc1nc(C(F)(F)F)nc2ccc(-c3ccc(C)cn3)cc12.CC. The van der Waals surface area contributed by atoms with Gasteiger partial charge < -0.3 is 5.32 Å². The summed E-state index contributed by atoms with van der Waals surface area (Å²) in [5.74, 6) is -1.08. The number of aryl methyl sites for hydroxylation is 1. The lowest BCUT2D eigenvalue weighted by molar-refractivity contribution is -0.144. The van der Waals surface area contributed by atoms with Crippen LogP contribution >= 0.6 is 0 Å². The Kier molecular flexibility index (Phi) is 9.54. The third-order valence-corrected chi connectivity index (χ3v) is 4.75. The zero-order valence-electron chi connectivity index (χ0n) is 20.3. The minimum absolute atomic E-state index is 0.103. The van der Waals surface area contributed by atoms with Crippen LogP contribution < -0.4 is 5.32 Å². The first-order chi connectivity index (χ1) is 16.2. The average Bonchev–Trinajstić information content (AvgIpc) is 2.82. The Bertz CT molecular complexity index is 1180. The smallest absolute Gasteiger partial charge is 0.365 e. The molecule has 0 saturated carbocycles. The fourth-order valence-electron chi connectivity index (χ4n) is 3.08. The van der Waals surface area contributed by atoms with E-state index in [1.807, 2.05) is 58.9 Å². The van der Waals surface area contributed by atoms with E-state index in [0.717, 1.165) is 23.1 Å². The van der Waals surface area contributed by atoms with Gasteiger partial charge in [0.05, 0.1) is 11.2 Å². The van der Waals surface area contributed by atoms with Gasteiger partial charge in [0.25, 0.3) is 0 Å². The summed E-state index contributed by atoms with van der Waals surface area (Å²) in [5.41, 5.74) is 4.51. The molecule has 0 aliphatic rings. The van der Waals surface area contributed by atoms with Crippen molar-refractivity contribution in [1.29, 1.82) is 0 Å². The number of hydrogen-bond acceptors (Lipinski definition) is 4. The molecule has 2 heterocycles. The highest BCUT2D eigenvalue weighted by molar-refractivity contribution is 5.92. The molecule has 0 bridgehead atoms. The fourth-order valence-corrected chi connectivity index (χ4v) is 3.08. The molecule has 7 heteroatoms. The number of alkyl halides is 3. The van der Waals surface area contributed by atoms with Crippen LogP contribution in [-0.2, 0) is 6.18 Å². The zero-order valence-corrected chi connectivity index (χ0v) is 20.3. The van der Waals surface area contributed by atoms with Gasteiger partial charge in [-0.15, -0.1) is 0 Å². The van der Waals surface area contributed by atoms with Gasteiger partial charge in [-0.3, -0.25) is 4.98 Å². The number of rotatable bonds is 7. The van der Waals surface area contributed by atoms with Crippen molar-refractivity contribution in [3.63, 3.8) is 0 Å². The molecule has 0 unspecified atom stereocenters. The molecule has 3 aromatic rings. The van der Waals surface area contributed by atoms with E-state index in [1.165, 1.54) is 0 Å². The first-order valence-electron chi connectivity index (χ1n) is 11.3. The van der Waals surface area contributed by atoms with Crippen LogP contribution in [0.25, 0.3) is 22.2 Å². The lowest BCUT2D eigenvalue weighted by atomic mass is 10.1. The number of pyridine rings is 1. The summed E-state index contributed by atoms with van der Waals surface area (Å²) in [6.45, 7) is 14.2. The molecule has 34 heavy (non-hydrogen) atoms. The number of nitrogens with one attached hydrogen (secondary N) is 1. The molecular formula is C27H31F3N4. The number of allylic oxidation sites excluding steroid dienone is 3. The monoisotopic (exact) mass is 468 g/mol. The molecule has 0 saturated heterocycles. The molecule has 1 N–H and O–H groups in total. The molecule has 0 fully saturated rings. The van der Waals surface area contributed by atoms with Gasteiger partial charge in [0.2, 0.25) is 5.82 Å². The van der Waals surface area contributed by atoms with Gasteiger partial charge in [-0.2, -0.15) is 13.2 Å². The Morgan fingerprint density at radius 1 is 1.09 bits per heavy atom. The number of hydrogen-bond donors (Lipinski definition) is 1. The van der Waals surface area contributed by atoms with E-state index in [1.54, 1.807) is 24.4 Å². The minimum Gasteiger partial charge on any atom is -0.365 e. The highest BCUT2D eigenvalue weighted by Crippen LogP contribution is 2.32. The Labute approximate surface area is 199 Å². The van der Waals surface area contributed by atoms with E-state index >= 15 is 0 Å². The predicted octanol–water partition coefficient (Wildman–Crippen LogP) is 7.93. The molecule has 0 atom stereocenters. The quantitative estimate of drug-likeness (QED) is 0.358. The Morgan fingerprint density at radius 2 is 1.82 bits per heavy atom. The molecule has 4 nitrogen and oxygen atoms in total. The van der Waals surface area contributed by atoms with Crippen LogP contribution in [-0.4, -0.2) is 21.5 Å². The molecule has 180 valence electrons. The summed E-state index contributed by atoms with van der Waals surface area (Å²) in [4.78, 5) is 11.9. The van der Waals surface area contributed by atoms with E-state index in [-0.39, 0.29) is 17.9 Å². The Balaban J connectivity index is 0.00000199. The molecule has 1 aromatic carbocycles. The topological polar surface area (TPSA) is 50.7 Å². The summed E-state index contributed by atoms with van der Waals surface area (Å²) in [7, 11) is 0. The second kappa shape index (κ2) is 12.1. The van der Waals surface area contributed by atoms with Crippen LogP contribution in [0, 0.1) is 6.92 Å². The minimum atomic E-state index is -4.65. The number of nitrogens with zero attached hydrogens (tertiary/aromatic N) is 3. The number of anilines is 1. The van der Waals surface area contributed by atoms with Crippen LogP contribution in [0.5, 0.6) is 0 Å². The third-order valence-electron chi connectivity index (χ3n) is 4.75. The van der Waals surface area contributed by atoms with Crippen molar-refractivity contribution in [3.8, 4) is 11.3 Å². The number of fused-ring (bicyclic) bond motifs is 1. The van der Waals surface area contributed by atoms with Crippen molar-refractivity contribution in [3.05, 3.63) is 83.9 Å². The normalized spacial score (nSPS) is 11.9. The Morgan fingerprint density at radius 3 is 2.44 bits per heavy atom. The first-order valence-corrected chi connectivity index (χ1v) is 11.3. The highest BCUT2D eigenvalue weighted by atomic mass is 19.4. The van der Waals surface area contributed by atoms with Gasteiger partial charge in [0.15, 0.2) is 0 Å². The molecule has 0 aliphatic carbocycles. The van der Waals surface area contributed by atoms with E-state index in [4.69, 9.17) is 0 Å². The van der Waals surface area contributed by atoms with Crippen molar-refractivity contribution in [2.75, 3.05) is 11.9 Å². The largest absolute Gasteiger partial charge is 0.451 e. The van der Waals surface area contributed by atoms with Gasteiger partial charge in [-0.25, -0.2) is 9.97 Å². The lowest BCUT2D eigenvalue weighted by Gasteiger charge is -2.13. The van der Waals surface area contributed by atoms with Gasteiger partial charge in [-0.1, -0.05) is 63.3 Å². The van der Waals surface area contributed by atoms with E-state index in [9.17, 15) is 13.2 Å². The van der Waals surface area contributed by atoms with E-state index in [2.05, 4.69) is 32.9 Å². The van der Waals surface area contributed by atoms with Crippen LogP contribution in [0.15, 0.2) is 72.5 Å². The van der Waals surface area contributed by atoms with Crippen LogP contribution in [0.1, 0.15) is 45.5 Å². The molecule has 2 aromatic heterocycles. The van der Waals surface area contributed by atoms with Gasteiger partial charge in [0.1, 0.15) is 5.82 Å². The van der Waals surface area contributed by atoms with Crippen LogP contribution in [0.4, 0.5) is 19.0 Å². The molecule has 0 spiro atoms. The van der Waals surface area contributed by atoms with Crippen LogP contribution in [0.3, 0.4) is 0 Å². The standard InChI is InChI=1S/C25H25F3N4.C2H6/c1-5-6-16(2)7-8-17(3)15-30-23-20-13-19(21-11-9-18(4)14-29-21)10-12-22(20)31-24(32-23)25(26,27)28;1-2/h6-14H,3,5,15H2,1-2,4H3,(H,30,31,32);1-2H3/b8-7-,16-6+;. The summed E-state index contributed by atoms with van der Waals surface area (Å²) in [6.07, 6.45) is 3.85. The lowest BCUT2D eigenvalue weighted by Crippen LogP contribution is -2.14. The van der Waals surface area contributed by atoms with Crippen molar-refractivity contribution in [2.24, 2.45) is 0 Å². The maximum Gasteiger partial charge on any atom is 0.451 e. The average molecular weight is 469 g/mol. The maximum absolute atomic E-state index is 13.4. The number of benzene rings is 1. The van der Waals surface area contributed by atoms with Crippen molar-refractivity contribution in [1.82, 2.24) is 15.0 Å². The molecular weight excluding hydrogens is 437 g/mol. The van der Waals surface area contributed by atoms with Crippen molar-refractivity contribution in [2.45, 2.75) is 47.2 Å². The van der Waals surface area contributed by atoms with E-state index < -0.39 is 12.0 Å². The van der Waals surface area contributed by atoms with Crippen LogP contribution in [0.2, 0.25) is 0 Å². The van der Waals surface area contributed by atoms with Gasteiger partial charge in [-0.05, 0) is 49.6 Å². The first kappa shape index (κ1) is 26.8. The summed E-state index contributed by atoms with van der Waals surface area (Å²) >= 11 is 0. The molecule has 0 aliphatic heterocycles. The third kappa shape index (κ3) is 7.27. The summed E-state index contributed by atoms with van der Waals surface area (Å²) in [6, 6.07) is 8.82. The fraction of sp³-hybridized carbons (Fsp3) is 0.296. The summed E-state index contributed by atoms with van der Waals surface area (Å²) in [5, 5.41) is 3.48. The van der Waals surface area contributed by atoms with E-state index in [0.29, 0.717) is 16.7 Å².